The highest BCUT2D eigenvalue weighted by atomic mass is 32.2. The molecule has 8 heteroatoms. The molecular weight excluding hydrogens is 316 g/mol. The van der Waals surface area contributed by atoms with E-state index in [1.54, 1.807) is 11.8 Å². The lowest BCUT2D eigenvalue weighted by Crippen LogP contribution is -2.34. The summed E-state index contributed by atoms with van der Waals surface area (Å²) in [4.78, 5) is 23.9. The van der Waals surface area contributed by atoms with Gasteiger partial charge in [0, 0.05) is 16.2 Å². The number of thioether (sulfide) groups is 1. The molecule has 1 aromatic heterocycles. The number of carbonyl (C=O) groups excluding carboxylic acids is 1. The van der Waals surface area contributed by atoms with Crippen molar-refractivity contribution >= 4 is 23.6 Å². The van der Waals surface area contributed by atoms with Crippen LogP contribution in [0.3, 0.4) is 0 Å². The molecule has 0 bridgehead atoms. The highest BCUT2D eigenvalue weighted by Crippen LogP contribution is 2.51. The van der Waals surface area contributed by atoms with Gasteiger partial charge in [0.2, 0.25) is 5.91 Å². The molecule has 0 atom stereocenters. The van der Waals surface area contributed by atoms with Crippen molar-refractivity contribution in [3.8, 4) is 0 Å². The number of nitrogens with zero attached hydrogens (tertiary/aromatic N) is 3. The molecule has 0 saturated heterocycles. The van der Waals surface area contributed by atoms with Crippen LogP contribution in [0.25, 0.3) is 0 Å². The van der Waals surface area contributed by atoms with E-state index >= 15 is 0 Å². The van der Waals surface area contributed by atoms with Gasteiger partial charge >= 0.3 is 5.97 Å². The molecule has 7 nitrogen and oxygen atoms in total. The van der Waals surface area contributed by atoms with Crippen LogP contribution in [0.4, 0.5) is 0 Å². The average molecular weight is 332 g/mol. The van der Waals surface area contributed by atoms with Crippen LogP contribution < -0.4 is 5.32 Å². The van der Waals surface area contributed by atoms with Crippen LogP contribution in [-0.4, -0.2) is 43.3 Å². The molecule has 1 aromatic carbocycles. The fraction of sp³-hybridized carbons (Fsp3) is 0.333. The number of aromatic carboxylic acids is 1. The standard InChI is InChI=1S/C15H16N4O3S/c20-13(9-19-8-12(14(21)22)17-18-19)16-10-15(6-7-15)23-11-4-2-1-3-5-11/h1-5,8H,6-7,9-10H2,(H,16,20)(H,21,22). The minimum atomic E-state index is -1.16. The van der Waals surface area contributed by atoms with Gasteiger partial charge in [-0.1, -0.05) is 23.4 Å². The Kier molecular flexibility index (Phi) is 4.33. The SMILES string of the molecule is O=C(Cn1cc(C(=O)O)nn1)NCC1(Sc2ccccc2)CC1. The van der Waals surface area contributed by atoms with E-state index in [9.17, 15) is 9.59 Å². The van der Waals surface area contributed by atoms with Crippen molar-refractivity contribution in [1.82, 2.24) is 20.3 Å². The van der Waals surface area contributed by atoms with Crippen LogP contribution in [-0.2, 0) is 11.3 Å². The van der Waals surface area contributed by atoms with E-state index in [1.165, 1.54) is 15.8 Å². The monoisotopic (exact) mass is 332 g/mol. The van der Waals surface area contributed by atoms with Gasteiger partial charge < -0.3 is 10.4 Å². The van der Waals surface area contributed by atoms with E-state index < -0.39 is 5.97 Å². The average Bonchev–Trinajstić information content (AvgIpc) is 3.13. The summed E-state index contributed by atoms with van der Waals surface area (Å²) in [5.74, 6) is -1.36. The molecule has 1 aliphatic carbocycles. The summed E-state index contributed by atoms with van der Waals surface area (Å²) in [7, 11) is 0. The van der Waals surface area contributed by atoms with Crippen molar-refractivity contribution in [3.05, 3.63) is 42.2 Å². The molecule has 1 heterocycles. The Bertz CT molecular complexity index is 713. The number of hydrogen-bond donors (Lipinski definition) is 2. The molecule has 2 aromatic rings. The predicted molar refractivity (Wildman–Crippen MR) is 84.3 cm³/mol. The normalized spacial score (nSPS) is 15.1. The summed E-state index contributed by atoms with van der Waals surface area (Å²) in [5, 5.41) is 18.8. The second-order valence-electron chi connectivity index (χ2n) is 5.48. The number of carbonyl (C=O) groups is 2. The van der Waals surface area contributed by atoms with Crippen LogP contribution in [0.5, 0.6) is 0 Å². The molecule has 1 saturated carbocycles. The van der Waals surface area contributed by atoms with Crippen molar-refractivity contribution in [2.75, 3.05) is 6.54 Å². The molecule has 120 valence electrons. The molecular formula is C15H16N4O3S. The number of aromatic nitrogens is 3. The molecule has 1 aliphatic rings. The van der Waals surface area contributed by atoms with Gasteiger partial charge in [0.1, 0.15) is 6.54 Å². The summed E-state index contributed by atoms with van der Waals surface area (Å²) in [6, 6.07) is 10.1. The second-order valence-corrected chi connectivity index (χ2v) is 7.02. The largest absolute Gasteiger partial charge is 0.476 e. The molecule has 0 unspecified atom stereocenters. The van der Waals surface area contributed by atoms with E-state index in [4.69, 9.17) is 5.11 Å². The fourth-order valence-corrected chi connectivity index (χ4v) is 3.37. The van der Waals surface area contributed by atoms with Crippen LogP contribution in [0.1, 0.15) is 23.3 Å². The molecule has 23 heavy (non-hydrogen) atoms. The Hall–Kier alpha value is -2.35. The Labute approximate surface area is 137 Å². The van der Waals surface area contributed by atoms with Gasteiger partial charge in [-0.15, -0.1) is 16.9 Å². The first-order valence-corrected chi connectivity index (χ1v) is 8.02. The number of benzene rings is 1. The van der Waals surface area contributed by atoms with E-state index in [0.29, 0.717) is 6.54 Å². The lowest BCUT2D eigenvalue weighted by Gasteiger charge is -2.15. The van der Waals surface area contributed by atoms with Crippen LogP contribution >= 0.6 is 11.8 Å². The number of carboxylic acids is 1. The van der Waals surface area contributed by atoms with Crippen LogP contribution in [0, 0.1) is 0 Å². The highest BCUT2D eigenvalue weighted by Gasteiger charge is 2.43. The fourth-order valence-electron chi connectivity index (χ4n) is 2.13. The third-order valence-electron chi connectivity index (χ3n) is 3.56. The van der Waals surface area contributed by atoms with E-state index in [0.717, 1.165) is 12.8 Å². The third-order valence-corrected chi connectivity index (χ3v) is 5.05. The number of nitrogens with one attached hydrogen (secondary N) is 1. The lowest BCUT2D eigenvalue weighted by molar-refractivity contribution is -0.121. The molecule has 3 rings (SSSR count). The quantitative estimate of drug-likeness (QED) is 0.796. The first-order valence-electron chi connectivity index (χ1n) is 7.21. The Morgan fingerprint density at radius 1 is 1.30 bits per heavy atom. The van der Waals surface area contributed by atoms with Gasteiger partial charge in [0.15, 0.2) is 5.69 Å². The van der Waals surface area contributed by atoms with Gasteiger partial charge in [-0.05, 0) is 25.0 Å². The molecule has 0 aliphatic heterocycles. The molecule has 2 N–H and O–H groups in total. The van der Waals surface area contributed by atoms with Crippen molar-refractivity contribution in [1.29, 1.82) is 0 Å². The van der Waals surface area contributed by atoms with Crippen molar-refractivity contribution in [2.24, 2.45) is 0 Å². The maximum Gasteiger partial charge on any atom is 0.358 e. The summed E-state index contributed by atoms with van der Waals surface area (Å²) in [6.45, 7) is 0.554. The number of amides is 1. The number of carboxylic acid groups (broad SMARTS) is 1. The van der Waals surface area contributed by atoms with Crippen molar-refractivity contribution in [3.63, 3.8) is 0 Å². The summed E-state index contributed by atoms with van der Waals surface area (Å²) >= 11 is 1.79. The maximum atomic E-state index is 12.0. The highest BCUT2D eigenvalue weighted by molar-refractivity contribution is 8.01. The zero-order valence-corrected chi connectivity index (χ0v) is 13.1. The van der Waals surface area contributed by atoms with Gasteiger partial charge in [0.05, 0.1) is 6.20 Å². The summed E-state index contributed by atoms with van der Waals surface area (Å²) in [6.07, 6.45) is 3.38. The van der Waals surface area contributed by atoms with Crippen molar-refractivity contribution in [2.45, 2.75) is 29.0 Å². The van der Waals surface area contributed by atoms with E-state index in [-0.39, 0.29) is 22.9 Å². The van der Waals surface area contributed by atoms with Gasteiger partial charge in [0.25, 0.3) is 0 Å². The molecule has 0 radical (unpaired) electrons. The molecule has 0 spiro atoms. The number of hydrogen-bond acceptors (Lipinski definition) is 5. The first-order chi connectivity index (χ1) is 11.1. The Morgan fingerprint density at radius 3 is 2.65 bits per heavy atom. The maximum absolute atomic E-state index is 12.0. The lowest BCUT2D eigenvalue weighted by atomic mass is 10.4. The molecule has 1 amide bonds. The minimum absolute atomic E-state index is 0.0354. The molecule has 1 fully saturated rings. The first kappa shape index (κ1) is 15.5. The van der Waals surface area contributed by atoms with Gasteiger partial charge in [-0.2, -0.15) is 0 Å². The second kappa shape index (κ2) is 6.41. The van der Waals surface area contributed by atoms with Gasteiger partial charge in [-0.3, -0.25) is 4.79 Å². The smallest absolute Gasteiger partial charge is 0.358 e. The summed E-state index contributed by atoms with van der Waals surface area (Å²) in [5.41, 5.74) is -0.170. The topological polar surface area (TPSA) is 97.1 Å². The Morgan fingerprint density at radius 2 is 2.04 bits per heavy atom. The zero-order valence-electron chi connectivity index (χ0n) is 12.3. The van der Waals surface area contributed by atoms with Crippen molar-refractivity contribution < 1.29 is 14.7 Å². The van der Waals surface area contributed by atoms with Crippen LogP contribution in [0.2, 0.25) is 0 Å². The van der Waals surface area contributed by atoms with Crippen LogP contribution in [0.15, 0.2) is 41.4 Å². The minimum Gasteiger partial charge on any atom is -0.476 e. The van der Waals surface area contributed by atoms with E-state index in [1.807, 2.05) is 18.2 Å². The third kappa shape index (κ3) is 4.10. The van der Waals surface area contributed by atoms with Gasteiger partial charge in [-0.25, -0.2) is 9.48 Å². The summed E-state index contributed by atoms with van der Waals surface area (Å²) < 4.78 is 1.30. The predicted octanol–water partition coefficient (Wildman–Crippen LogP) is 1.42. The van der Waals surface area contributed by atoms with E-state index in [2.05, 4.69) is 27.8 Å². The zero-order chi connectivity index (χ0) is 16.3. The Balaban J connectivity index is 1.49. The number of rotatable bonds is 7.